The molecule has 10 rings (SSSR count). The number of para-hydroxylation sites is 3. The molecule has 3 unspecified atom stereocenters. The number of hydrogen-bond acceptors (Lipinski definition) is 1. The van der Waals surface area contributed by atoms with Crippen molar-refractivity contribution >= 4 is 49.3 Å². The Morgan fingerprint density at radius 2 is 1.48 bits per heavy atom. The second kappa shape index (κ2) is 9.86. The Kier molecular flexibility index (Phi) is 5.57. The molecular weight excluding hydrogens is 560 g/mol. The Morgan fingerprint density at radius 3 is 2.30 bits per heavy atom. The monoisotopic (exact) mass is 594 g/mol. The van der Waals surface area contributed by atoms with Gasteiger partial charge in [-0.2, -0.15) is 0 Å². The molecule has 0 spiro atoms. The van der Waals surface area contributed by atoms with Gasteiger partial charge in [0, 0.05) is 44.4 Å². The molecule has 222 valence electrons. The quantitative estimate of drug-likeness (QED) is 0.186. The zero-order valence-corrected chi connectivity index (χ0v) is 25.9. The first kappa shape index (κ1) is 26.0. The number of ether oxygens (including phenoxy) is 1. The van der Waals surface area contributed by atoms with Crippen LogP contribution in [0.3, 0.4) is 0 Å². The number of hydrogen-bond donors (Lipinski definition) is 0. The van der Waals surface area contributed by atoms with E-state index in [2.05, 4.69) is 150 Å². The lowest BCUT2D eigenvalue weighted by molar-refractivity contribution is 0.235. The molecule has 0 amide bonds. The van der Waals surface area contributed by atoms with Gasteiger partial charge in [-0.05, 0) is 84.9 Å². The molecule has 2 aromatic heterocycles. The van der Waals surface area contributed by atoms with E-state index in [9.17, 15) is 0 Å². The van der Waals surface area contributed by atoms with Crippen LogP contribution in [0.5, 0.6) is 5.75 Å². The third-order valence-electron chi connectivity index (χ3n) is 10.5. The molecule has 3 heterocycles. The summed E-state index contributed by atoms with van der Waals surface area (Å²) in [5.41, 5.74) is 11.3. The summed E-state index contributed by atoms with van der Waals surface area (Å²) in [6, 6.07) is 38.1. The van der Waals surface area contributed by atoms with Crippen LogP contribution < -0.4 is 4.74 Å². The maximum atomic E-state index is 6.94. The van der Waals surface area contributed by atoms with Crippen molar-refractivity contribution in [3.8, 4) is 22.6 Å². The number of rotatable bonds is 3. The van der Waals surface area contributed by atoms with E-state index in [4.69, 9.17) is 4.74 Å². The summed E-state index contributed by atoms with van der Waals surface area (Å²) < 4.78 is 11.9. The summed E-state index contributed by atoms with van der Waals surface area (Å²) >= 11 is 0. The first-order valence-corrected chi connectivity index (χ1v) is 16.6. The maximum absolute atomic E-state index is 6.94. The summed E-state index contributed by atoms with van der Waals surface area (Å²) in [6.45, 7) is 2.33. The molecular formula is C43H34N2O. The molecule has 3 nitrogen and oxygen atoms in total. The van der Waals surface area contributed by atoms with Crippen molar-refractivity contribution in [3.05, 3.63) is 139 Å². The van der Waals surface area contributed by atoms with Crippen molar-refractivity contribution in [2.75, 3.05) is 0 Å². The average Bonchev–Trinajstić information content (AvgIpc) is 3.76. The van der Waals surface area contributed by atoms with Gasteiger partial charge in [0.25, 0.3) is 0 Å². The number of benzene rings is 5. The normalized spacial score (nSPS) is 20.4. The molecule has 0 radical (unpaired) electrons. The molecule has 3 aliphatic rings. The van der Waals surface area contributed by atoms with Crippen molar-refractivity contribution in [3.63, 3.8) is 0 Å². The third kappa shape index (κ3) is 3.66. The van der Waals surface area contributed by atoms with Gasteiger partial charge in [-0.25, -0.2) is 0 Å². The van der Waals surface area contributed by atoms with Crippen LogP contribution in [0.2, 0.25) is 0 Å². The van der Waals surface area contributed by atoms with Gasteiger partial charge in [0.15, 0.2) is 0 Å². The van der Waals surface area contributed by atoms with Crippen LogP contribution in [-0.2, 0) is 0 Å². The first-order valence-electron chi connectivity index (χ1n) is 16.6. The second-order valence-electron chi connectivity index (χ2n) is 13.3. The minimum Gasteiger partial charge on any atom is -0.483 e. The van der Waals surface area contributed by atoms with Crippen molar-refractivity contribution in [2.24, 2.45) is 5.92 Å². The van der Waals surface area contributed by atoms with Crippen LogP contribution in [0.25, 0.3) is 66.1 Å². The highest BCUT2D eigenvalue weighted by Gasteiger charge is 2.39. The lowest BCUT2D eigenvalue weighted by Crippen LogP contribution is -2.21. The van der Waals surface area contributed by atoms with E-state index in [0.29, 0.717) is 11.8 Å². The largest absolute Gasteiger partial charge is 0.483 e. The highest BCUT2D eigenvalue weighted by Crippen LogP contribution is 2.53. The summed E-state index contributed by atoms with van der Waals surface area (Å²) in [7, 11) is 0. The van der Waals surface area contributed by atoms with Crippen molar-refractivity contribution in [1.82, 2.24) is 9.13 Å². The Morgan fingerprint density at radius 1 is 0.717 bits per heavy atom. The van der Waals surface area contributed by atoms with E-state index in [1.54, 1.807) is 0 Å². The highest BCUT2D eigenvalue weighted by molar-refractivity contribution is 6.19. The van der Waals surface area contributed by atoms with Crippen molar-refractivity contribution in [1.29, 1.82) is 0 Å². The van der Waals surface area contributed by atoms with Gasteiger partial charge in [-0.15, -0.1) is 0 Å². The highest BCUT2D eigenvalue weighted by atomic mass is 16.5. The Labute approximate surface area is 268 Å². The summed E-state index contributed by atoms with van der Waals surface area (Å²) in [5.74, 6) is 1.91. The smallest absolute Gasteiger partial charge is 0.148 e. The fourth-order valence-corrected chi connectivity index (χ4v) is 8.46. The number of aromatic nitrogens is 2. The Hall–Kier alpha value is -5.28. The molecule has 0 fully saturated rings. The zero-order chi connectivity index (χ0) is 30.4. The Balaban J connectivity index is 1.33. The molecule has 3 heteroatoms. The molecule has 7 aromatic rings. The number of fused-ring (bicyclic) bond motifs is 10. The van der Waals surface area contributed by atoms with Crippen molar-refractivity contribution < 1.29 is 4.74 Å². The minimum atomic E-state index is 0.0724. The maximum Gasteiger partial charge on any atom is 0.148 e. The molecule has 0 saturated carbocycles. The van der Waals surface area contributed by atoms with E-state index in [0.717, 1.165) is 30.7 Å². The van der Waals surface area contributed by atoms with Crippen molar-refractivity contribution in [2.45, 2.75) is 38.2 Å². The summed E-state index contributed by atoms with van der Waals surface area (Å²) in [5, 5.41) is 5.12. The van der Waals surface area contributed by atoms with E-state index in [1.165, 1.54) is 66.0 Å². The van der Waals surface area contributed by atoms with Gasteiger partial charge in [0.2, 0.25) is 0 Å². The van der Waals surface area contributed by atoms with Crippen LogP contribution in [0.4, 0.5) is 0 Å². The topological polar surface area (TPSA) is 19.1 Å². The number of nitrogens with zero attached hydrogens (tertiary/aromatic N) is 2. The first-order chi connectivity index (χ1) is 22.7. The predicted molar refractivity (Wildman–Crippen MR) is 192 cm³/mol. The standard InChI is InChI=1S/C43H34N2O/c1-27-20-23-40-35(24-27)36-26-34(41-33-17-9-11-19-38(33)45(42(41)43(36)46-40)30-14-6-3-7-15-30)28-21-22-32-31-16-8-10-18-37(31)44(39(32)25-28)29-12-4-2-5-13-29/h2-4,6-12,14-23,25-27,35,40H,5,13,24H2,1H3. The molecule has 5 aromatic carbocycles. The summed E-state index contributed by atoms with van der Waals surface area (Å²) in [4.78, 5) is 0. The van der Waals surface area contributed by atoms with Gasteiger partial charge in [-0.3, -0.25) is 0 Å². The minimum absolute atomic E-state index is 0.0724. The zero-order valence-electron chi connectivity index (χ0n) is 25.9. The molecule has 3 atom stereocenters. The predicted octanol–water partition coefficient (Wildman–Crippen LogP) is 11.2. The molecule has 0 saturated heterocycles. The van der Waals surface area contributed by atoms with Gasteiger partial charge >= 0.3 is 0 Å². The van der Waals surface area contributed by atoms with Gasteiger partial charge < -0.3 is 13.9 Å². The van der Waals surface area contributed by atoms with Gasteiger partial charge in [0.05, 0.1) is 22.1 Å². The summed E-state index contributed by atoms with van der Waals surface area (Å²) in [6.07, 6.45) is 14.7. The number of allylic oxidation sites excluding steroid dienone is 5. The van der Waals surface area contributed by atoms with Gasteiger partial charge in [0.1, 0.15) is 11.9 Å². The van der Waals surface area contributed by atoms with E-state index >= 15 is 0 Å². The second-order valence-corrected chi connectivity index (χ2v) is 13.3. The average molecular weight is 595 g/mol. The molecule has 1 aliphatic heterocycles. The van der Waals surface area contributed by atoms with Crippen LogP contribution >= 0.6 is 0 Å². The lowest BCUT2D eigenvalue weighted by atomic mass is 9.81. The molecule has 0 N–H and O–H groups in total. The Bertz CT molecular complexity index is 2450. The SMILES string of the molecule is CC1C=CC2Oc3c(cc(-c4ccc5c6ccccc6n(C6=CC=CCC6)c5c4)c4c5ccccc5n(-c5ccccc5)c34)C2C1. The van der Waals surface area contributed by atoms with Gasteiger partial charge in [-0.1, -0.05) is 91.9 Å². The third-order valence-corrected chi connectivity index (χ3v) is 10.5. The van der Waals surface area contributed by atoms with E-state index in [-0.39, 0.29) is 6.10 Å². The molecule has 2 aliphatic carbocycles. The molecule has 46 heavy (non-hydrogen) atoms. The van der Waals surface area contributed by atoms with E-state index < -0.39 is 0 Å². The van der Waals surface area contributed by atoms with Crippen LogP contribution in [0.15, 0.2) is 134 Å². The van der Waals surface area contributed by atoms with Crippen LogP contribution in [-0.4, -0.2) is 15.2 Å². The van der Waals surface area contributed by atoms with E-state index in [1.807, 2.05) is 0 Å². The van der Waals surface area contributed by atoms with Crippen LogP contribution in [0.1, 0.15) is 37.7 Å². The molecule has 0 bridgehead atoms. The fraction of sp³-hybridized carbons (Fsp3) is 0.163. The fourth-order valence-electron chi connectivity index (χ4n) is 8.46. The van der Waals surface area contributed by atoms with Crippen LogP contribution in [0, 0.1) is 5.92 Å². The lowest BCUT2D eigenvalue weighted by Gasteiger charge is -2.23.